The molecule has 2 N–H and O–H groups in total. The third-order valence-electron chi connectivity index (χ3n) is 3.49. The Morgan fingerprint density at radius 1 is 1.17 bits per heavy atom. The summed E-state index contributed by atoms with van der Waals surface area (Å²) in [5.41, 5.74) is 3.43. The SMILES string of the molecule is Cn1cc(C(=O)Nc2cccc(CO)c2)c(-c2ccccc2)n1. The van der Waals surface area contributed by atoms with Crippen LogP contribution in [0.25, 0.3) is 11.3 Å². The molecule has 1 heterocycles. The molecule has 5 nitrogen and oxygen atoms in total. The van der Waals surface area contributed by atoms with E-state index in [1.54, 1.807) is 42.2 Å². The first-order valence-corrected chi connectivity index (χ1v) is 7.27. The molecule has 116 valence electrons. The number of carbonyl (C=O) groups excluding carboxylic acids is 1. The standard InChI is InChI=1S/C18H17N3O2/c1-21-11-16(17(20-21)14-7-3-2-4-8-14)18(23)19-15-9-5-6-13(10-15)12-22/h2-11,22H,12H2,1H3,(H,19,23). The van der Waals surface area contributed by atoms with Gasteiger partial charge in [0.2, 0.25) is 0 Å². The molecule has 0 atom stereocenters. The van der Waals surface area contributed by atoms with Gasteiger partial charge in [-0.1, -0.05) is 42.5 Å². The van der Waals surface area contributed by atoms with Gasteiger partial charge >= 0.3 is 0 Å². The van der Waals surface area contributed by atoms with E-state index in [4.69, 9.17) is 0 Å². The molecule has 2 aromatic carbocycles. The van der Waals surface area contributed by atoms with Gasteiger partial charge in [0, 0.05) is 24.5 Å². The van der Waals surface area contributed by atoms with Crippen molar-refractivity contribution in [1.82, 2.24) is 9.78 Å². The number of aromatic nitrogens is 2. The van der Waals surface area contributed by atoms with Crippen LogP contribution in [0.15, 0.2) is 60.8 Å². The Balaban J connectivity index is 1.91. The smallest absolute Gasteiger partial charge is 0.259 e. The van der Waals surface area contributed by atoms with E-state index in [0.29, 0.717) is 16.9 Å². The van der Waals surface area contributed by atoms with Crippen LogP contribution >= 0.6 is 0 Å². The largest absolute Gasteiger partial charge is 0.392 e. The summed E-state index contributed by atoms with van der Waals surface area (Å²) in [5, 5.41) is 16.4. The molecule has 3 rings (SSSR count). The molecule has 1 aromatic heterocycles. The zero-order valence-corrected chi connectivity index (χ0v) is 12.7. The molecular formula is C18H17N3O2. The number of anilines is 1. The lowest BCUT2D eigenvalue weighted by molar-refractivity contribution is 0.102. The van der Waals surface area contributed by atoms with Crippen LogP contribution in [0, 0.1) is 0 Å². The van der Waals surface area contributed by atoms with Crippen LogP contribution in [0.1, 0.15) is 15.9 Å². The minimum absolute atomic E-state index is 0.0636. The number of nitrogens with zero attached hydrogens (tertiary/aromatic N) is 2. The zero-order chi connectivity index (χ0) is 16.2. The highest BCUT2D eigenvalue weighted by Crippen LogP contribution is 2.22. The summed E-state index contributed by atoms with van der Waals surface area (Å²) in [4.78, 5) is 12.6. The summed E-state index contributed by atoms with van der Waals surface area (Å²) in [6.45, 7) is -0.0636. The van der Waals surface area contributed by atoms with Gasteiger partial charge in [-0.15, -0.1) is 0 Å². The number of carbonyl (C=O) groups is 1. The summed E-state index contributed by atoms with van der Waals surface area (Å²) in [7, 11) is 1.79. The highest BCUT2D eigenvalue weighted by atomic mass is 16.3. The molecule has 23 heavy (non-hydrogen) atoms. The Morgan fingerprint density at radius 2 is 1.96 bits per heavy atom. The maximum atomic E-state index is 12.6. The van der Waals surface area contributed by atoms with Crippen LogP contribution in [-0.2, 0) is 13.7 Å². The minimum atomic E-state index is -0.230. The van der Waals surface area contributed by atoms with Gasteiger partial charge in [0.1, 0.15) is 5.69 Å². The van der Waals surface area contributed by atoms with E-state index in [0.717, 1.165) is 11.1 Å². The molecule has 0 spiro atoms. The van der Waals surface area contributed by atoms with Crippen LogP contribution in [0.5, 0.6) is 0 Å². The van der Waals surface area contributed by atoms with Crippen molar-refractivity contribution in [2.24, 2.45) is 7.05 Å². The van der Waals surface area contributed by atoms with Crippen molar-refractivity contribution < 1.29 is 9.90 Å². The lowest BCUT2D eigenvalue weighted by Gasteiger charge is -2.06. The quantitative estimate of drug-likeness (QED) is 0.779. The molecule has 0 fully saturated rings. The summed E-state index contributed by atoms with van der Waals surface area (Å²) in [6.07, 6.45) is 1.70. The van der Waals surface area contributed by atoms with Crippen molar-refractivity contribution in [1.29, 1.82) is 0 Å². The average Bonchev–Trinajstić information content (AvgIpc) is 2.98. The van der Waals surface area contributed by atoms with Crippen molar-refractivity contribution in [2.75, 3.05) is 5.32 Å². The van der Waals surface area contributed by atoms with E-state index < -0.39 is 0 Å². The van der Waals surface area contributed by atoms with Crippen molar-refractivity contribution in [2.45, 2.75) is 6.61 Å². The predicted molar refractivity (Wildman–Crippen MR) is 89.0 cm³/mol. The van der Waals surface area contributed by atoms with Gasteiger partial charge in [0.05, 0.1) is 12.2 Å². The fraction of sp³-hybridized carbons (Fsp3) is 0.111. The van der Waals surface area contributed by atoms with Gasteiger partial charge < -0.3 is 10.4 Å². The minimum Gasteiger partial charge on any atom is -0.392 e. The molecule has 0 unspecified atom stereocenters. The lowest BCUT2D eigenvalue weighted by Crippen LogP contribution is -2.12. The molecule has 0 bridgehead atoms. The number of amides is 1. The fourth-order valence-corrected chi connectivity index (χ4v) is 2.41. The topological polar surface area (TPSA) is 67.2 Å². The van der Waals surface area contributed by atoms with Gasteiger partial charge in [0.25, 0.3) is 5.91 Å². The van der Waals surface area contributed by atoms with Gasteiger partial charge in [-0.3, -0.25) is 9.48 Å². The lowest BCUT2D eigenvalue weighted by atomic mass is 10.1. The number of hydrogen-bond acceptors (Lipinski definition) is 3. The van der Waals surface area contributed by atoms with Crippen LogP contribution in [-0.4, -0.2) is 20.8 Å². The number of aryl methyl sites for hydroxylation is 1. The maximum Gasteiger partial charge on any atom is 0.259 e. The van der Waals surface area contributed by atoms with Crippen LogP contribution in [0.2, 0.25) is 0 Å². The first-order chi connectivity index (χ1) is 11.2. The third-order valence-corrected chi connectivity index (χ3v) is 3.49. The second-order valence-corrected chi connectivity index (χ2v) is 5.24. The first-order valence-electron chi connectivity index (χ1n) is 7.27. The van der Waals surface area contributed by atoms with Gasteiger partial charge in [-0.05, 0) is 17.7 Å². The van der Waals surface area contributed by atoms with Crippen molar-refractivity contribution in [3.63, 3.8) is 0 Å². The van der Waals surface area contributed by atoms with E-state index in [-0.39, 0.29) is 12.5 Å². The molecule has 0 aliphatic rings. The van der Waals surface area contributed by atoms with Crippen molar-refractivity contribution >= 4 is 11.6 Å². The number of rotatable bonds is 4. The monoisotopic (exact) mass is 307 g/mol. The molecule has 3 aromatic rings. The molecule has 0 aliphatic heterocycles. The molecule has 0 saturated carbocycles. The van der Waals surface area contributed by atoms with Gasteiger partial charge in [0.15, 0.2) is 0 Å². The molecule has 0 saturated heterocycles. The van der Waals surface area contributed by atoms with Crippen LogP contribution in [0.4, 0.5) is 5.69 Å². The normalized spacial score (nSPS) is 10.5. The van der Waals surface area contributed by atoms with Crippen LogP contribution in [0.3, 0.4) is 0 Å². The van der Waals surface area contributed by atoms with Crippen molar-refractivity contribution in [3.8, 4) is 11.3 Å². The third kappa shape index (κ3) is 3.30. The van der Waals surface area contributed by atoms with E-state index in [1.807, 2.05) is 30.3 Å². The Bertz CT molecular complexity index is 825. The van der Waals surface area contributed by atoms with Gasteiger partial charge in [-0.25, -0.2) is 0 Å². The Kier molecular flexibility index (Phi) is 4.21. The number of aliphatic hydroxyl groups is 1. The van der Waals surface area contributed by atoms with E-state index in [9.17, 15) is 9.90 Å². The second kappa shape index (κ2) is 6.46. The first kappa shape index (κ1) is 15.0. The Hall–Kier alpha value is -2.92. The molecule has 0 aliphatic carbocycles. The molecule has 0 radical (unpaired) electrons. The summed E-state index contributed by atoms with van der Waals surface area (Å²) < 4.78 is 1.63. The second-order valence-electron chi connectivity index (χ2n) is 5.24. The Labute approximate surface area is 134 Å². The number of hydrogen-bond donors (Lipinski definition) is 2. The molecule has 1 amide bonds. The average molecular weight is 307 g/mol. The number of nitrogens with one attached hydrogen (secondary N) is 1. The maximum absolute atomic E-state index is 12.6. The van der Waals surface area contributed by atoms with E-state index in [2.05, 4.69) is 10.4 Å². The molecule has 5 heteroatoms. The van der Waals surface area contributed by atoms with E-state index >= 15 is 0 Å². The summed E-state index contributed by atoms with van der Waals surface area (Å²) in [6, 6.07) is 16.7. The van der Waals surface area contributed by atoms with Crippen LogP contribution < -0.4 is 5.32 Å². The highest BCUT2D eigenvalue weighted by molar-refractivity contribution is 6.08. The van der Waals surface area contributed by atoms with E-state index in [1.165, 1.54) is 0 Å². The number of benzene rings is 2. The zero-order valence-electron chi connectivity index (χ0n) is 12.7. The Morgan fingerprint density at radius 3 is 2.70 bits per heavy atom. The fourth-order valence-electron chi connectivity index (χ4n) is 2.41. The summed E-state index contributed by atoms with van der Waals surface area (Å²) >= 11 is 0. The van der Waals surface area contributed by atoms with Gasteiger partial charge in [-0.2, -0.15) is 5.10 Å². The van der Waals surface area contributed by atoms with Crippen molar-refractivity contribution in [3.05, 3.63) is 71.9 Å². The molecular weight excluding hydrogens is 290 g/mol. The number of aliphatic hydroxyl groups excluding tert-OH is 1. The summed E-state index contributed by atoms with van der Waals surface area (Å²) in [5.74, 6) is -0.230. The highest BCUT2D eigenvalue weighted by Gasteiger charge is 2.17. The predicted octanol–water partition coefficient (Wildman–Crippen LogP) is 2.83.